The van der Waals surface area contributed by atoms with Crippen LogP contribution in [0.1, 0.15) is 27.2 Å². The van der Waals surface area contributed by atoms with E-state index in [9.17, 15) is 14.4 Å². The number of nitrogens with one attached hydrogen (secondary N) is 3. The van der Waals surface area contributed by atoms with Crippen LogP contribution in [0.25, 0.3) is 10.9 Å². The van der Waals surface area contributed by atoms with Crippen LogP contribution in [-0.2, 0) is 9.59 Å². The van der Waals surface area contributed by atoms with Crippen molar-refractivity contribution in [2.45, 2.75) is 20.8 Å². The molecule has 0 aliphatic carbocycles. The van der Waals surface area contributed by atoms with Gasteiger partial charge in [-0.25, -0.2) is 4.68 Å². The number of aryl methyl sites for hydroxylation is 3. The maximum absolute atomic E-state index is 13.1. The molecule has 0 unspecified atom stereocenters. The van der Waals surface area contributed by atoms with Crippen molar-refractivity contribution >= 4 is 71.9 Å². The number of anilines is 2. The van der Waals surface area contributed by atoms with Crippen LogP contribution in [0.15, 0.2) is 69.6 Å². The number of benzene rings is 3. The quantitative estimate of drug-likeness (QED) is 0.250. The smallest absolute Gasteiger partial charge is 0.321 e. The summed E-state index contributed by atoms with van der Waals surface area (Å²) < 4.78 is 3.02. The average molecular weight is 598 g/mol. The molecule has 35 heavy (non-hydrogen) atoms. The molecule has 178 valence electrons. The van der Waals surface area contributed by atoms with Crippen molar-refractivity contribution in [3.63, 3.8) is 0 Å². The van der Waals surface area contributed by atoms with Crippen molar-refractivity contribution in [3.05, 3.63) is 92.0 Å². The first-order chi connectivity index (χ1) is 16.6. The normalized spacial score (nSPS) is 10.8. The maximum Gasteiger partial charge on any atom is 0.328 e. The molecule has 7 nitrogen and oxygen atoms in total. The minimum absolute atomic E-state index is 0.171. The third-order valence-electron chi connectivity index (χ3n) is 5.43. The lowest BCUT2D eigenvalue weighted by Gasteiger charge is -2.15. The molecule has 0 aliphatic rings. The van der Waals surface area contributed by atoms with Gasteiger partial charge < -0.3 is 10.6 Å². The molecule has 0 spiro atoms. The number of carbonyl (C=O) groups excluding carboxylic acids is 3. The van der Waals surface area contributed by atoms with Crippen LogP contribution in [0.3, 0.4) is 0 Å². The second-order valence-corrected chi connectivity index (χ2v) is 10.0. The van der Waals surface area contributed by atoms with Gasteiger partial charge in [0.15, 0.2) is 0 Å². The van der Waals surface area contributed by atoms with Crippen LogP contribution in [0.4, 0.5) is 11.4 Å². The molecular formula is C26H22Br2N4O3. The molecule has 0 fully saturated rings. The highest BCUT2D eigenvalue weighted by Gasteiger charge is 2.22. The Morgan fingerprint density at radius 1 is 0.743 bits per heavy atom. The molecule has 9 heteroatoms. The monoisotopic (exact) mass is 596 g/mol. The predicted octanol–water partition coefficient (Wildman–Crippen LogP) is 6.05. The number of fused-ring (bicyclic) bond motifs is 1. The highest BCUT2D eigenvalue weighted by molar-refractivity contribution is 9.10. The lowest BCUT2D eigenvalue weighted by molar-refractivity contribution is -0.133. The van der Waals surface area contributed by atoms with Gasteiger partial charge in [0.2, 0.25) is 0 Å². The lowest BCUT2D eigenvalue weighted by Crippen LogP contribution is -2.36. The SMILES string of the molecule is Cc1cc(C)c(NC(=O)C(=O)Nn2c(C(=O)Nc3ccc(Br)cc3)cc3cc(Br)ccc32)c(C)c1. The van der Waals surface area contributed by atoms with E-state index in [4.69, 9.17) is 0 Å². The van der Waals surface area contributed by atoms with Gasteiger partial charge in [0.05, 0.1) is 5.52 Å². The summed E-state index contributed by atoms with van der Waals surface area (Å²) in [5.74, 6) is -2.17. The first-order valence-corrected chi connectivity index (χ1v) is 12.3. The Kier molecular flexibility index (Phi) is 7.09. The van der Waals surface area contributed by atoms with Crippen LogP contribution >= 0.6 is 31.9 Å². The number of nitrogens with zero attached hydrogens (tertiary/aromatic N) is 1. The Balaban J connectivity index is 1.63. The van der Waals surface area contributed by atoms with Crippen molar-refractivity contribution in [1.29, 1.82) is 0 Å². The number of amides is 3. The minimum atomic E-state index is -0.900. The van der Waals surface area contributed by atoms with Crippen molar-refractivity contribution in [1.82, 2.24) is 4.68 Å². The molecule has 4 aromatic rings. The van der Waals surface area contributed by atoms with Gasteiger partial charge in [-0.3, -0.25) is 19.8 Å². The summed E-state index contributed by atoms with van der Waals surface area (Å²) >= 11 is 6.80. The zero-order valence-electron chi connectivity index (χ0n) is 19.2. The zero-order valence-corrected chi connectivity index (χ0v) is 22.4. The van der Waals surface area contributed by atoms with Crippen molar-refractivity contribution in [2.24, 2.45) is 0 Å². The summed E-state index contributed by atoms with van der Waals surface area (Å²) in [6.45, 7) is 5.71. The fraction of sp³-hybridized carbons (Fsp3) is 0.115. The third kappa shape index (κ3) is 5.47. The second-order valence-electron chi connectivity index (χ2n) is 8.20. The molecule has 0 saturated carbocycles. The molecule has 1 aromatic heterocycles. The van der Waals surface area contributed by atoms with E-state index in [1.165, 1.54) is 4.68 Å². The highest BCUT2D eigenvalue weighted by Crippen LogP contribution is 2.25. The summed E-state index contributed by atoms with van der Waals surface area (Å²) in [4.78, 5) is 38.8. The maximum atomic E-state index is 13.1. The van der Waals surface area contributed by atoms with Gasteiger partial charge in [0, 0.05) is 25.7 Å². The Morgan fingerprint density at radius 2 is 1.37 bits per heavy atom. The van der Waals surface area contributed by atoms with Gasteiger partial charge in [0.1, 0.15) is 5.69 Å². The number of carbonyl (C=O) groups is 3. The standard InChI is InChI=1S/C26H22Br2N4O3/c1-14-10-15(2)23(16(3)11-14)30-25(34)26(35)31-32-21-9-6-19(28)12-17(21)13-22(32)24(33)29-20-7-4-18(27)5-8-20/h4-13H,1-3H3,(H,29,33)(H,30,34)(H,31,35). The summed E-state index contributed by atoms with van der Waals surface area (Å²) in [6.07, 6.45) is 0. The van der Waals surface area contributed by atoms with E-state index in [2.05, 4.69) is 47.9 Å². The summed E-state index contributed by atoms with van der Waals surface area (Å²) in [5.41, 5.74) is 7.27. The van der Waals surface area contributed by atoms with Crippen molar-refractivity contribution in [3.8, 4) is 0 Å². The Hall–Kier alpha value is -3.43. The van der Waals surface area contributed by atoms with E-state index in [0.717, 1.165) is 25.6 Å². The van der Waals surface area contributed by atoms with Gasteiger partial charge >= 0.3 is 11.8 Å². The van der Waals surface area contributed by atoms with Gasteiger partial charge in [-0.05, 0) is 80.4 Å². The number of aromatic nitrogens is 1. The van der Waals surface area contributed by atoms with Crippen LogP contribution in [0, 0.1) is 20.8 Å². The van der Waals surface area contributed by atoms with Crippen molar-refractivity contribution < 1.29 is 14.4 Å². The van der Waals surface area contributed by atoms with E-state index in [0.29, 0.717) is 22.3 Å². The van der Waals surface area contributed by atoms with E-state index >= 15 is 0 Å². The first kappa shape index (κ1) is 24.7. The van der Waals surface area contributed by atoms with Gasteiger partial charge in [-0.1, -0.05) is 49.6 Å². The molecule has 0 saturated heterocycles. The second kappa shape index (κ2) is 10.1. The molecular weight excluding hydrogens is 576 g/mol. The first-order valence-electron chi connectivity index (χ1n) is 10.7. The molecule has 3 N–H and O–H groups in total. The molecule has 3 amide bonds. The zero-order chi connectivity index (χ0) is 25.3. The summed E-state index contributed by atoms with van der Waals surface area (Å²) in [5, 5.41) is 6.23. The average Bonchev–Trinajstić information content (AvgIpc) is 3.14. The predicted molar refractivity (Wildman–Crippen MR) is 145 cm³/mol. The Labute approximate surface area is 219 Å². The van der Waals surface area contributed by atoms with Crippen LogP contribution in [-0.4, -0.2) is 22.4 Å². The van der Waals surface area contributed by atoms with E-state index in [1.807, 2.05) is 51.1 Å². The number of hydrogen-bond donors (Lipinski definition) is 3. The van der Waals surface area contributed by atoms with Gasteiger partial charge in [-0.2, -0.15) is 0 Å². The van der Waals surface area contributed by atoms with E-state index < -0.39 is 17.7 Å². The molecule has 0 atom stereocenters. The Morgan fingerprint density at radius 3 is 2.03 bits per heavy atom. The largest absolute Gasteiger partial charge is 0.328 e. The summed E-state index contributed by atoms with van der Waals surface area (Å²) in [7, 11) is 0. The number of rotatable bonds is 4. The molecule has 1 heterocycles. The molecule has 0 radical (unpaired) electrons. The van der Waals surface area contributed by atoms with Crippen LogP contribution < -0.4 is 16.1 Å². The van der Waals surface area contributed by atoms with Gasteiger partial charge in [-0.15, -0.1) is 0 Å². The fourth-order valence-corrected chi connectivity index (χ4v) is 4.55. The third-order valence-corrected chi connectivity index (χ3v) is 6.46. The topological polar surface area (TPSA) is 92.2 Å². The molecule has 4 rings (SSSR count). The number of hydrogen-bond acceptors (Lipinski definition) is 3. The van der Waals surface area contributed by atoms with Gasteiger partial charge in [0.25, 0.3) is 5.91 Å². The van der Waals surface area contributed by atoms with E-state index in [-0.39, 0.29) is 5.69 Å². The van der Waals surface area contributed by atoms with Crippen LogP contribution in [0.5, 0.6) is 0 Å². The van der Waals surface area contributed by atoms with Crippen molar-refractivity contribution in [2.75, 3.05) is 16.1 Å². The Bertz CT molecular complexity index is 1450. The minimum Gasteiger partial charge on any atom is -0.321 e. The fourth-order valence-electron chi connectivity index (χ4n) is 3.90. The molecule has 0 aliphatic heterocycles. The van der Waals surface area contributed by atoms with E-state index in [1.54, 1.807) is 30.3 Å². The molecule has 0 bridgehead atoms. The van der Waals surface area contributed by atoms with Crippen LogP contribution in [0.2, 0.25) is 0 Å². The molecule has 3 aromatic carbocycles. The highest BCUT2D eigenvalue weighted by atomic mass is 79.9. The number of halogens is 2. The summed E-state index contributed by atoms with van der Waals surface area (Å²) in [6, 6.07) is 18.0. The lowest BCUT2D eigenvalue weighted by atomic mass is 10.1.